The van der Waals surface area contributed by atoms with Crippen molar-refractivity contribution in [1.82, 2.24) is 5.32 Å². The predicted octanol–water partition coefficient (Wildman–Crippen LogP) is 0.268. The molecule has 1 atom stereocenters. The van der Waals surface area contributed by atoms with E-state index in [2.05, 4.69) is 5.32 Å². The fraction of sp³-hybridized carbons (Fsp3) is 0.714. The number of carbonyl (C=O) groups excluding carboxylic acids is 2. The fourth-order valence-electron chi connectivity index (χ4n) is 0.575. The molecule has 0 radical (unpaired) electrons. The van der Waals surface area contributed by atoms with Crippen molar-refractivity contribution in [3.05, 3.63) is 0 Å². The summed E-state index contributed by atoms with van der Waals surface area (Å²) >= 11 is 0. The number of hydrogen-bond acceptors (Lipinski definition) is 2. The summed E-state index contributed by atoms with van der Waals surface area (Å²) in [7, 11) is 0. The normalized spacial score (nSPS) is 15.6. The van der Waals surface area contributed by atoms with Crippen LogP contribution >= 0.6 is 0 Å². The molecule has 3 N–H and O–H groups in total. The number of urea groups is 1. The molecule has 64 valence electrons. The summed E-state index contributed by atoms with van der Waals surface area (Å²) in [6.45, 7) is 5.31. The Morgan fingerprint density at radius 2 is 2.09 bits per heavy atom. The van der Waals surface area contributed by atoms with Gasteiger partial charge in [-0.05, 0) is 12.8 Å². The molecule has 0 fully saturated rings. The molecule has 0 rings (SSSR count). The van der Waals surface area contributed by atoms with Crippen LogP contribution in [0.4, 0.5) is 4.79 Å². The Kier molecular flexibility index (Phi) is 3.04. The van der Waals surface area contributed by atoms with Gasteiger partial charge in [-0.2, -0.15) is 0 Å². The zero-order chi connectivity index (χ0) is 9.07. The predicted molar refractivity (Wildman–Crippen MR) is 42.0 cm³/mol. The van der Waals surface area contributed by atoms with E-state index in [0.29, 0.717) is 6.29 Å². The Labute approximate surface area is 66.1 Å². The van der Waals surface area contributed by atoms with Crippen LogP contribution in [0, 0.1) is 5.92 Å². The summed E-state index contributed by atoms with van der Waals surface area (Å²) < 4.78 is 0. The second-order valence-corrected chi connectivity index (χ2v) is 3.04. The van der Waals surface area contributed by atoms with Crippen LogP contribution in [0.5, 0.6) is 0 Å². The van der Waals surface area contributed by atoms with Crippen LogP contribution in [0.1, 0.15) is 20.8 Å². The molecule has 0 heterocycles. The third kappa shape index (κ3) is 2.57. The molecule has 1 unspecified atom stereocenters. The molecule has 0 aromatic heterocycles. The van der Waals surface area contributed by atoms with Crippen molar-refractivity contribution in [3.63, 3.8) is 0 Å². The highest BCUT2D eigenvalue weighted by molar-refractivity contribution is 5.78. The van der Waals surface area contributed by atoms with E-state index >= 15 is 0 Å². The first kappa shape index (κ1) is 9.94. The van der Waals surface area contributed by atoms with E-state index in [9.17, 15) is 9.59 Å². The van der Waals surface area contributed by atoms with Gasteiger partial charge in [-0.3, -0.25) is 0 Å². The summed E-state index contributed by atoms with van der Waals surface area (Å²) in [5.41, 5.74) is 4.04. The minimum atomic E-state index is -0.841. The highest BCUT2D eigenvalue weighted by Crippen LogP contribution is 2.12. The van der Waals surface area contributed by atoms with Crippen LogP contribution in [-0.2, 0) is 4.79 Å². The Morgan fingerprint density at radius 1 is 1.64 bits per heavy atom. The van der Waals surface area contributed by atoms with Crippen LogP contribution in [0.2, 0.25) is 0 Å². The fourth-order valence-corrected chi connectivity index (χ4v) is 0.575. The van der Waals surface area contributed by atoms with Gasteiger partial charge < -0.3 is 15.8 Å². The molecule has 0 aromatic carbocycles. The molecule has 0 aliphatic rings. The van der Waals surface area contributed by atoms with Crippen LogP contribution in [0.15, 0.2) is 0 Å². The van der Waals surface area contributed by atoms with Gasteiger partial charge in [-0.1, -0.05) is 13.8 Å². The second kappa shape index (κ2) is 3.37. The van der Waals surface area contributed by atoms with Gasteiger partial charge in [0.2, 0.25) is 0 Å². The minimum absolute atomic E-state index is 0.0347. The maximum Gasteiger partial charge on any atom is 0.312 e. The quantitative estimate of drug-likeness (QED) is 0.578. The van der Waals surface area contributed by atoms with Crippen molar-refractivity contribution < 1.29 is 9.59 Å². The van der Waals surface area contributed by atoms with Crippen molar-refractivity contribution in [1.29, 1.82) is 0 Å². The van der Waals surface area contributed by atoms with Crippen molar-refractivity contribution in [2.45, 2.75) is 26.3 Å². The number of carbonyl (C=O) groups is 2. The Balaban J connectivity index is 4.34. The number of aldehydes is 1. The van der Waals surface area contributed by atoms with E-state index in [1.54, 1.807) is 6.92 Å². The van der Waals surface area contributed by atoms with Gasteiger partial charge in [0.25, 0.3) is 0 Å². The maximum absolute atomic E-state index is 10.5. The summed E-state index contributed by atoms with van der Waals surface area (Å²) in [5.74, 6) is 0.0347. The van der Waals surface area contributed by atoms with Gasteiger partial charge in [0.15, 0.2) is 0 Å². The summed E-state index contributed by atoms with van der Waals surface area (Å²) in [4.78, 5) is 21.0. The lowest BCUT2D eigenvalue weighted by Crippen LogP contribution is -2.53. The van der Waals surface area contributed by atoms with Gasteiger partial charge >= 0.3 is 6.03 Å². The van der Waals surface area contributed by atoms with Gasteiger partial charge in [0.1, 0.15) is 6.29 Å². The molecule has 11 heavy (non-hydrogen) atoms. The molecule has 0 spiro atoms. The molecule has 0 bridgehead atoms. The van der Waals surface area contributed by atoms with Crippen molar-refractivity contribution >= 4 is 12.3 Å². The highest BCUT2D eigenvalue weighted by atomic mass is 16.2. The van der Waals surface area contributed by atoms with E-state index in [4.69, 9.17) is 5.73 Å². The number of nitrogens with two attached hydrogens (primary N) is 1. The lowest BCUT2D eigenvalue weighted by molar-refractivity contribution is -0.113. The maximum atomic E-state index is 10.5. The third-order valence-corrected chi connectivity index (χ3v) is 1.84. The van der Waals surface area contributed by atoms with Gasteiger partial charge in [0.05, 0.1) is 5.54 Å². The SMILES string of the molecule is CC(C)C(C)(C=O)NC(N)=O. The van der Waals surface area contributed by atoms with E-state index < -0.39 is 11.6 Å². The topological polar surface area (TPSA) is 72.2 Å². The standard InChI is InChI=1S/C7H14N2O2/c1-5(2)7(3,4-10)9-6(8)11/h4-5H,1-3H3,(H3,8,9,11). The van der Waals surface area contributed by atoms with Crippen LogP contribution < -0.4 is 11.1 Å². The average molecular weight is 158 g/mol. The van der Waals surface area contributed by atoms with Gasteiger partial charge in [-0.15, -0.1) is 0 Å². The molecule has 4 heteroatoms. The van der Waals surface area contributed by atoms with Gasteiger partial charge in [-0.25, -0.2) is 4.79 Å². The molecule has 0 aliphatic carbocycles. The molecular formula is C7H14N2O2. The molecular weight excluding hydrogens is 144 g/mol. The zero-order valence-corrected chi connectivity index (χ0v) is 7.05. The van der Waals surface area contributed by atoms with Crippen molar-refractivity contribution in [2.75, 3.05) is 0 Å². The first-order valence-corrected chi connectivity index (χ1v) is 3.46. The summed E-state index contributed by atoms with van der Waals surface area (Å²) in [5, 5.41) is 2.38. The number of rotatable bonds is 3. The van der Waals surface area contributed by atoms with Crippen LogP contribution in [0.25, 0.3) is 0 Å². The lowest BCUT2D eigenvalue weighted by Gasteiger charge is -2.27. The number of primary amides is 1. The van der Waals surface area contributed by atoms with Crippen molar-refractivity contribution in [3.8, 4) is 0 Å². The number of amides is 2. The van der Waals surface area contributed by atoms with E-state index in [0.717, 1.165) is 0 Å². The highest BCUT2D eigenvalue weighted by Gasteiger charge is 2.28. The molecule has 4 nitrogen and oxygen atoms in total. The Bertz CT molecular complexity index is 168. The van der Waals surface area contributed by atoms with E-state index in [1.165, 1.54) is 0 Å². The molecule has 0 saturated heterocycles. The van der Waals surface area contributed by atoms with Crippen molar-refractivity contribution in [2.24, 2.45) is 11.7 Å². The zero-order valence-electron chi connectivity index (χ0n) is 7.05. The molecule has 0 aromatic rings. The lowest BCUT2D eigenvalue weighted by atomic mass is 9.90. The van der Waals surface area contributed by atoms with E-state index in [1.807, 2.05) is 13.8 Å². The molecule has 2 amide bonds. The smallest absolute Gasteiger partial charge is 0.312 e. The summed E-state index contributed by atoms with van der Waals surface area (Å²) in [6.07, 6.45) is 0.697. The first-order valence-electron chi connectivity index (χ1n) is 3.46. The van der Waals surface area contributed by atoms with Crippen LogP contribution in [0.3, 0.4) is 0 Å². The minimum Gasteiger partial charge on any atom is -0.352 e. The van der Waals surface area contributed by atoms with E-state index in [-0.39, 0.29) is 5.92 Å². The average Bonchev–Trinajstić information content (AvgIpc) is 1.86. The molecule has 0 saturated carbocycles. The Hall–Kier alpha value is -1.06. The largest absolute Gasteiger partial charge is 0.352 e. The first-order chi connectivity index (χ1) is 4.92. The third-order valence-electron chi connectivity index (χ3n) is 1.84. The summed E-state index contributed by atoms with van der Waals surface area (Å²) in [6, 6.07) is -0.673. The Morgan fingerprint density at radius 3 is 2.18 bits per heavy atom. The number of hydrogen-bond donors (Lipinski definition) is 2. The number of nitrogens with one attached hydrogen (secondary N) is 1. The monoisotopic (exact) mass is 158 g/mol. The second-order valence-electron chi connectivity index (χ2n) is 3.04. The molecule has 0 aliphatic heterocycles. The van der Waals surface area contributed by atoms with Crippen LogP contribution in [-0.4, -0.2) is 17.9 Å². The van der Waals surface area contributed by atoms with Gasteiger partial charge in [0, 0.05) is 0 Å².